The first-order chi connectivity index (χ1) is 5.95. The van der Waals surface area contributed by atoms with Gasteiger partial charge in [0.25, 0.3) is 0 Å². The maximum atomic E-state index is 5.00. The Labute approximate surface area is 71.4 Å². The molecule has 4 nitrogen and oxygen atoms in total. The first-order valence-corrected chi connectivity index (χ1v) is 4.48. The van der Waals surface area contributed by atoms with E-state index in [1.807, 2.05) is 0 Å². The van der Waals surface area contributed by atoms with Gasteiger partial charge in [-0.25, -0.2) is 0 Å². The van der Waals surface area contributed by atoms with Crippen LogP contribution in [0.15, 0.2) is 10.8 Å². The number of rotatable bonds is 2. The fourth-order valence-corrected chi connectivity index (χ4v) is 1.66. The van der Waals surface area contributed by atoms with Crippen molar-refractivity contribution in [3.8, 4) is 0 Å². The topological polar surface area (TPSA) is 51.0 Å². The lowest BCUT2D eigenvalue weighted by Gasteiger charge is -2.21. The van der Waals surface area contributed by atoms with E-state index in [4.69, 9.17) is 4.42 Å². The molecule has 4 heteroatoms. The van der Waals surface area contributed by atoms with Crippen LogP contribution in [0.4, 0.5) is 6.01 Å². The normalized spacial score (nSPS) is 19.3. The lowest BCUT2D eigenvalue weighted by Crippen LogP contribution is -2.22. The number of anilines is 1. The Balaban J connectivity index is 1.86. The van der Waals surface area contributed by atoms with Crippen LogP contribution < -0.4 is 5.32 Å². The quantitative estimate of drug-likeness (QED) is 0.729. The maximum Gasteiger partial charge on any atom is 0.315 e. The second kappa shape index (κ2) is 3.56. The molecule has 1 aromatic rings. The Morgan fingerprint density at radius 3 is 2.83 bits per heavy atom. The fraction of sp³-hybridized carbons (Fsp3) is 0.750. The average Bonchev–Trinajstić information content (AvgIpc) is 2.59. The number of aromatic nitrogens is 2. The average molecular weight is 167 g/mol. The van der Waals surface area contributed by atoms with Crippen LogP contribution in [0.25, 0.3) is 0 Å². The zero-order valence-electron chi connectivity index (χ0n) is 6.99. The summed E-state index contributed by atoms with van der Waals surface area (Å²) in [6, 6.07) is 1.10. The Morgan fingerprint density at radius 2 is 2.17 bits per heavy atom. The summed E-state index contributed by atoms with van der Waals surface area (Å²) in [7, 11) is 0. The van der Waals surface area contributed by atoms with E-state index >= 15 is 0 Å². The lowest BCUT2D eigenvalue weighted by molar-refractivity contribution is 0.448. The molecule has 1 heterocycles. The molecule has 0 saturated heterocycles. The van der Waals surface area contributed by atoms with Crippen LogP contribution in [0.5, 0.6) is 0 Å². The van der Waals surface area contributed by atoms with Crippen molar-refractivity contribution in [1.29, 1.82) is 0 Å². The van der Waals surface area contributed by atoms with Crippen molar-refractivity contribution in [2.24, 2.45) is 0 Å². The predicted octanol–water partition coefficient (Wildman–Crippen LogP) is 1.81. The van der Waals surface area contributed by atoms with Crippen molar-refractivity contribution < 1.29 is 4.42 Å². The molecule has 0 atom stereocenters. The highest BCUT2D eigenvalue weighted by Gasteiger charge is 2.14. The van der Waals surface area contributed by atoms with E-state index in [1.165, 1.54) is 38.5 Å². The van der Waals surface area contributed by atoms with Crippen molar-refractivity contribution >= 4 is 6.01 Å². The fourth-order valence-electron chi connectivity index (χ4n) is 1.66. The van der Waals surface area contributed by atoms with Gasteiger partial charge in [-0.1, -0.05) is 24.4 Å². The second-order valence-corrected chi connectivity index (χ2v) is 3.22. The zero-order chi connectivity index (χ0) is 8.23. The molecular formula is C8H13N3O. The Kier molecular flexibility index (Phi) is 2.25. The molecule has 0 aliphatic heterocycles. The van der Waals surface area contributed by atoms with Crippen molar-refractivity contribution in [3.05, 3.63) is 6.39 Å². The molecule has 0 amide bonds. The molecule has 1 saturated carbocycles. The van der Waals surface area contributed by atoms with Crippen LogP contribution in [0.3, 0.4) is 0 Å². The molecule has 0 spiro atoms. The summed E-state index contributed by atoms with van der Waals surface area (Å²) < 4.78 is 5.00. The smallest absolute Gasteiger partial charge is 0.315 e. The molecular weight excluding hydrogens is 154 g/mol. The van der Waals surface area contributed by atoms with Gasteiger partial charge in [-0.05, 0) is 12.8 Å². The first kappa shape index (κ1) is 7.58. The third kappa shape index (κ3) is 1.75. The number of hydrogen-bond donors (Lipinski definition) is 1. The second-order valence-electron chi connectivity index (χ2n) is 3.22. The maximum absolute atomic E-state index is 5.00. The summed E-state index contributed by atoms with van der Waals surface area (Å²) in [5.74, 6) is 0. The molecule has 2 rings (SSSR count). The van der Waals surface area contributed by atoms with E-state index in [2.05, 4.69) is 15.5 Å². The van der Waals surface area contributed by atoms with E-state index in [9.17, 15) is 0 Å². The predicted molar refractivity (Wildman–Crippen MR) is 44.8 cm³/mol. The largest absolute Gasteiger partial charge is 0.411 e. The lowest BCUT2D eigenvalue weighted by atomic mass is 9.96. The van der Waals surface area contributed by atoms with Crippen LogP contribution in [0.2, 0.25) is 0 Å². The molecule has 0 radical (unpaired) electrons. The van der Waals surface area contributed by atoms with E-state index in [0.717, 1.165) is 0 Å². The van der Waals surface area contributed by atoms with Gasteiger partial charge in [0.2, 0.25) is 6.39 Å². The molecule has 1 aromatic heterocycles. The van der Waals surface area contributed by atoms with Gasteiger partial charge in [0.1, 0.15) is 0 Å². The van der Waals surface area contributed by atoms with Gasteiger partial charge in [-0.15, -0.1) is 5.10 Å². The van der Waals surface area contributed by atoms with Crippen molar-refractivity contribution in [3.63, 3.8) is 0 Å². The highest BCUT2D eigenvalue weighted by Crippen LogP contribution is 2.20. The van der Waals surface area contributed by atoms with Crippen LogP contribution in [0.1, 0.15) is 32.1 Å². The van der Waals surface area contributed by atoms with Gasteiger partial charge in [0.05, 0.1) is 0 Å². The van der Waals surface area contributed by atoms with Gasteiger partial charge >= 0.3 is 6.01 Å². The number of nitrogens with zero attached hydrogens (tertiary/aromatic N) is 2. The highest BCUT2D eigenvalue weighted by atomic mass is 16.4. The monoisotopic (exact) mass is 167 g/mol. The molecule has 12 heavy (non-hydrogen) atoms. The molecule has 1 aliphatic rings. The van der Waals surface area contributed by atoms with Crippen molar-refractivity contribution in [2.75, 3.05) is 5.32 Å². The zero-order valence-corrected chi connectivity index (χ0v) is 6.99. The molecule has 1 N–H and O–H groups in total. The summed E-state index contributed by atoms with van der Waals surface area (Å²) in [6.45, 7) is 0. The highest BCUT2D eigenvalue weighted by molar-refractivity contribution is 5.18. The molecule has 0 bridgehead atoms. The summed E-state index contributed by atoms with van der Waals surface area (Å²) in [4.78, 5) is 0. The molecule has 1 aliphatic carbocycles. The van der Waals surface area contributed by atoms with E-state index in [1.54, 1.807) is 0 Å². The van der Waals surface area contributed by atoms with Crippen LogP contribution in [0, 0.1) is 0 Å². The van der Waals surface area contributed by atoms with Crippen molar-refractivity contribution in [1.82, 2.24) is 10.2 Å². The van der Waals surface area contributed by atoms with Crippen molar-refractivity contribution in [2.45, 2.75) is 38.1 Å². The Hall–Kier alpha value is -1.06. The Bertz CT molecular complexity index is 216. The third-order valence-electron chi connectivity index (χ3n) is 2.29. The number of nitrogens with one attached hydrogen (secondary N) is 1. The van der Waals surface area contributed by atoms with Crippen LogP contribution >= 0.6 is 0 Å². The Morgan fingerprint density at radius 1 is 1.33 bits per heavy atom. The SMILES string of the molecule is c1nnc(NC2CCCCC2)o1. The van der Waals surface area contributed by atoms with Crippen LogP contribution in [-0.4, -0.2) is 16.2 Å². The summed E-state index contributed by atoms with van der Waals surface area (Å²) in [5, 5.41) is 10.6. The minimum atomic E-state index is 0.541. The minimum absolute atomic E-state index is 0.541. The standard InChI is InChI=1S/C8H13N3O/c1-2-4-7(5-3-1)10-8-11-9-6-12-8/h6-7H,1-5H2,(H,10,11). The van der Waals surface area contributed by atoms with E-state index in [0.29, 0.717) is 12.1 Å². The summed E-state index contributed by atoms with van der Waals surface area (Å²) in [5.41, 5.74) is 0. The van der Waals surface area contributed by atoms with Gasteiger partial charge in [0.15, 0.2) is 0 Å². The minimum Gasteiger partial charge on any atom is -0.411 e. The van der Waals surface area contributed by atoms with E-state index in [-0.39, 0.29) is 0 Å². The van der Waals surface area contributed by atoms with Crippen LogP contribution in [-0.2, 0) is 0 Å². The molecule has 1 fully saturated rings. The molecule has 0 aromatic carbocycles. The summed E-state index contributed by atoms with van der Waals surface area (Å²) >= 11 is 0. The molecule has 0 unspecified atom stereocenters. The summed E-state index contributed by atoms with van der Waals surface area (Å²) in [6.07, 6.45) is 7.79. The van der Waals surface area contributed by atoms with Gasteiger partial charge in [-0.2, -0.15) is 0 Å². The van der Waals surface area contributed by atoms with Gasteiger partial charge in [-0.3, -0.25) is 0 Å². The number of hydrogen-bond acceptors (Lipinski definition) is 4. The van der Waals surface area contributed by atoms with Gasteiger partial charge in [0, 0.05) is 6.04 Å². The van der Waals surface area contributed by atoms with E-state index < -0.39 is 0 Å². The van der Waals surface area contributed by atoms with Gasteiger partial charge < -0.3 is 9.73 Å². The first-order valence-electron chi connectivity index (χ1n) is 4.48. The third-order valence-corrected chi connectivity index (χ3v) is 2.29. The molecule has 66 valence electrons.